The largest absolute Gasteiger partial charge is 0.392 e. The summed E-state index contributed by atoms with van der Waals surface area (Å²) in [5.74, 6) is 0. The Kier molecular flexibility index (Phi) is 6.30. The number of thioether (sulfide) groups is 1. The Morgan fingerprint density at radius 2 is 1.64 bits per heavy atom. The molecule has 22 heavy (non-hydrogen) atoms. The molecule has 2 aromatic rings. The highest BCUT2D eigenvalue weighted by atomic mass is 32.2. The molecule has 0 unspecified atom stereocenters. The van der Waals surface area contributed by atoms with Crippen LogP contribution in [-0.4, -0.2) is 17.4 Å². The zero-order valence-corrected chi connectivity index (χ0v) is 13.3. The number of hydrogen-bond acceptors (Lipinski definition) is 3. The van der Waals surface area contributed by atoms with Gasteiger partial charge in [0.05, 0.1) is 6.61 Å². The molecule has 0 heterocycles. The Morgan fingerprint density at radius 1 is 1.00 bits per heavy atom. The number of urea groups is 1. The van der Waals surface area contributed by atoms with Crippen LogP contribution < -0.4 is 10.6 Å². The van der Waals surface area contributed by atoms with E-state index in [0.717, 1.165) is 16.7 Å². The lowest BCUT2D eigenvalue weighted by Gasteiger charge is -2.10. The second-order valence-electron chi connectivity index (χ2n) is 4.81. The summed E-state index contributed by atoms with van der Waals surface area (Å²) in [5, 5.41) is 14.9. The molecule has 0 fully saturated rings. The molecule has 116 valence electrons. The van der Waals surface area contributed by atoms with Gasteiger partial charge in [-0.2, -0.15) is 0 Å². The van der Waals surface area contributed by atoms with E-state index in [1.807, 2.05) is 54.8 Å². The topological polar surface area (TPSA) is 61.4 Å². The Hall–Kier alpha value is -1.98. The molecule has 0 atom stereocenters. The van der Waals surface area contributed by atoms with Gasteiger partial charge in [0.1, 0.15) is 0 Å². The molecule has 0 spiro atoms. The molecule has 0 saturated heterocycles. The third-order valence-corrected chi connectivity index (χ3v) is 4.08. The maximum atomic E-state index is 11.8. The summed E-state index contributed by atoms with van der Waals surface area (Å²) < 4.78 is 0. The van der Waals surface area contributed by atoms with E-state index in [4.69, 9.17) is 0 Å². The van der Waals surface area contributed by atoms with Crippen LogP contribution in [0.5, 0.6) is 0 Å². The van der Waals surface area contributed by atoms with Crippen molar-refractivity contribution in [2.45, 2.75) is 24.6 Å². The average molecular weight is 316 g/mol. The monoisotopic (exact) mass is 316 g/mol. The molecule has 0 bridgehead atoms. The van der Waals surface area contributed by atoms with Gasteiger partial charge in [-0.25, -0.2) is 4.79 Å². The van der Waals surface area contributed by atoms with Gasteiger partial charge in [0.2, 0.25) is 0 Å². The maximum Gasteiger partial charge on any atom is 0.315 e. The van der Waals surface area contributed by atoms with Crippen molar-refractivity contribution >= 4 is 17.8 Å². The Balaban J connectivity index is 1.80. The lowest BCUT2D eigenvalue weighted by Crippen LogP contribution is -2.34. The summed E-state index contributed by atoms with van der Waals surface area (Å²) in [6.07, 6.45) is 2.03. The van der Waals surface area contributed by atoms with Crippen LogP contribution in [0.4, 0.5) is 4.79 Å². The zero-order valence-electron chi connectivity index (χ0n) is 12.5. The molecule has 0 aliphatic heterocycles. The lowest BCUT2D eigenvalue weighted by molar-refractivity contribution is 0.239. The summed E-state index contributed by atoms with van der Waals surface area (Å²) in [6.45, 7) is 0.859. The number of hydrogen-bond donors (Lipinski definition) is 3. The fraction of sp³-hybridized carbons (Fsp3) is 0.235. The molecule has 0 aliphatic rings. The molecular formula is C17H20N2O2S. The Morgan fingerprint density at radius 3 is 2.27 bits per heavy atom. The second kappa shape index (κ2) is 8.46. The van der Waals surface area contributed by atoms with Crippen LogP contribution in [0, 0.1) is 0 Å². The van der Waals surface area contributed by atoms with Crippen molar-refractivity contribution in [3.8, 4) is 0 Å². The highest BCUT2D eigenvalue weighted by Gasteiger charge is 2.04. The standard InChI is InChI=1S/C17H20N2O2S/c1-22-16-8-6-13(7-9-16)10-18-17(21)19-11-14-4-2-3-5-15(14)12-20/h2-9,20H,10-12H2,1H3,(H2,18,19,21). The van der Waals surface area contributed by atoms with Gasteiger partial charge >= 0.3 is 6.03 Å². The normalized spacial score (nSPS) is 10.3. The second-order valence-corrected chi connectivity index (χ2v) is 5.69. The minimum atomic E-state index is -0.221. The highest BCUT2D eigenvalue weighted by Crippen LogP contribution is 2.14. The predicted molar refractivity (Wildman–Crippen MR) is 89.7 cm³/mol. The summed E-state index contributed by atoms with van der Waals surface area (Å²) >= 11 is 1.69. The molecule has 0 radical (unpaired) electrons. The van der Waals surface area contributed by atoms with Crippen molar-refractivity contribution in [1.82, 2.24) is 10.6 Å². The first-order valence-electron chi connectivity index (χ1n) is 7.05. The van der Waals surface area contributed by atoms with Gasteiger partial charge in [0.15, 0.2) is 0 Å². The van der Waals surface area contributed by atoms with Gasteiger partial charge in [0.25, 0.3) is 0 Å². The van der Waals surface area contributed by atoms with Crippen molar-refractivity contribution < 1.29 is 9.90 Å². The molecule has 0 aliphatic carbocycles. The van der Waals surface area contributed by atoms with Crippen molar-refractivity contribution in [1.29, 1.82) is 0 Å². The summed E-state index contributed by atoms with van der Waals surface area (Å²) in [5.41, 5.74) is 2.81. The smallest absolute Gasteiger partial charge is 0.315 e. The van der Waals surface area contributed by atoms with Crippen molar-refractivity contribution in [2.24, 2.45) is 0 Å². The number of carbonyl (C=O) groups excluding carboxylic acids is 1. The van der Waals surface area contributed by atoms with Crippen LogP contribution in [0.25, 0.3) is 0 Å². The molecule has 2 aromatic carbocycles. The van der Waals surface area contributed by atoms with Crippen LogP contribution in [0.2, 0.25) is 0 Å². The number of amides is 2. The molecule has 2 rings (SSSR count). The highest BCUT2D eigenvalue weighted by molar-refractivity contribution is 7.98. The molecule has 4 nitrogen and oxygen atoms in total. The number of aliphatic hydroxyl groups is 1. The molecule has 0 aromatic heterocycles. The van der Waals surface area contributed by atoms with E-state index in [-0.39, 0.29) is 12.6 Å². The Bertz CT molecular complexity index is 614. The van der Waals surface area contributed by atoms with Gasteiger partial charge in [-0.1, -0.05) is 36.4 Å². The fourth-order valence-electron chi connectivity index (χ4n) is 2.05. The number of aliphatic hydroxyl groups excluding tert-OH is 1. The molecule has 0 saturated carbocycles. The minimum absolute atomic E-state index is 0.0265. The molecule has 3 N–H and O–H groups in total. The van der Waals surface area contributed by atoms with Gasteiger partial charge < -0.3 is 15.7 Å². The van der Waals surface area contributed by atoms with Crippen molar-refractivity contribution in [2.75, 3.05) is 6.26 Å². The van der Waals surface area contributed by atoms with Gasteiger partial charge in [-0.3, -0.25) is 0 Å². The van der Waals surface area contributed by atoms with E-state index in [1.54, 1.807) is 11.8 Å². The Labute approximate surface area is 134 Å². The summed E-state index contributed by atoms with van der Waals surface area (Å²) in [7, 11) is 0. The quantitative estimate of drug-likeness (QED) is 0.718. The third-order valence-electron chi connectivity index (χ3n) is 3.34. The zero-order chi connectivity index (χ0) is 15.8. The van der Waals surface area contributed by atoms with Crippen molar-refractivity contribution in [3.05, 3.63) is 65.2 Å². The SMILES string of the molecule is CSc1ccc(CNC(=O)NCc2ccccc2CO)cc1. The minimum Gasteiger partial charge on any atom is -0.392 e. The van der Waals surface area contributed by atoms with Crippen LogP contribution in [-0.2, 0) is 19.7 Å². The summed E-state index contributed by atoms with van der Waals surface area (Å²) in [6, 6.07) is 15.4. The van der Waals surface area contributed by atoms with Crippen LogP contribution >= 0.6 is 11.8 Å². The number of nitrogens with one attached hydrogen (secondary N) is 2. The van der Waals surface area contributed by atoms with Crippen LogP contribution in [0.3, 0.4) is 0 Å². The summed E-state index contributed by atoms with van der Waals surface area (Å²) in [4.78, 5) is 13.0. The molecule has 5 heteroatoms. The van der Waals surface area contributed by atoms with Crippen LogP contribution in [0.1, 0.15) is 16.7 Å². The van der Waals surface area contributed by atoms with Gasteiger partial charge in [-0.15, -0.1) is 11.8 Å². The van der Waals surface area contributed by atoms with E-state index in [0.29, 0.717) is 13.1 Å². The van der Waals surface area contributed by atoms with Gasteiger partial charge in [-0.05, 0) is 35.1 Å². The van der Waals surface area contributed by atoms with Crippen molar-refractivity contribution in [3.63, 3.8) is 0 Å². The fourth-order valence-corrected chi connectivity index (χ4v) is 2.46. The van der Waals surface area contributed by atoms with E-state index >= 15 is 0 Å². The number of rotatable bonds is 6. The predicted octanol–water partition coefficient (Wildman–Crippen LogP) is 2.90. The van der Waals surface area contributed by atoms with E-state index < -0.39 is 0 Å². The first-order chi connectivity index (χ1) is 10.7. The number of carbonyl (C=O) groups is 1. The first kappa shape index (κ1) is 16.4. The number of benzene rings is 2. The van der Waals surface area contributed by atoms with Gasteiger partial charge in [0, 0.05) is 18.0 Å². The lowest BCUT2D eigenvalue weighted by atomic mass is 10.1. The third kappa shape index (κ3) is 4.79. The van der Waals surface area contributed by atoms with E-state index in [9.17, 15) is 9.90 Å². The van der Waals surface area contributed by atoms with E-state index in [1.165, 1.54) is 4.90 Å². The molecule has 2 amide bonds. The first-order valence-corrected chi connectivity index (χ1v) is 8.27. The molecular weight excluding hydrogens is 296 g/mol. The van der Waals surface area contributed by atoms with E-state index in [2.05, 4.69) is 10.6 Å². The van der Waals surface area contributed by atoms with Crippen LogP contribution in [0.15, 0.2) is 53.4 Å². The maximum absolute atomic E-state index is 11.8. The average Bonchev–Trinajstić information content (AvgIpc) is 2.58.